The lowest BCUT2D eigenvalue weighted by Crippen LogP contribution is -2.34. The minimum absolute atomic E-state index is 0.0877. The van der Waals surface area contributed by atoms with E-state index in [1.165, 1.54) is 0 Å². The van der Waals surface area contributed by atoms with Gasteiger partial charge in [0.25, 0.3) is 0 Å². The second-order valence-corrected chi connectivity index (χ2v) is 4.76. The number of aliphatic hydroxyl groups excluding tert-OH is 1. The smallest absolute Gasteiger partial charge is 0.129 e. The van der Waals surface area contributed by atoms with Crippen LogP contribution in [0.15, 0.2) is 18.3 Å². The molecule has 2 N–H and O–H groups in total. The fourth-order valence-corrected chi connectivity index (χ4v) is 2.16. The SMILES string of the molecule is OC1CCC(NCc2ccc(Cl)nc2)CC1. The predicted molar refractivity (Wildman–Crippen MR) is 64.3 cm³/mol. The van der Waals surface area contributed by atoms with Gasteiger partial charge in [0.05, 0.1) is 6.10 Å². The molecule has 0 saturated heterocycles. The average Bonchev–Trinajstić information content (AvgIpc) is 2.30. The number of pyridine rings is 1. The number of halogens is 1. The summed E-state index contributed by atoms with van der Waals surface area (Å²) in [4.78, 5) is 4.04. The van der Waals surface area contributed by atoms with Crippen LogP contribution in [0.25, 0.3) is 0 Å². The third-order valence-corrected chi connectivity index (χ3v) is 3.30. The van der Waals surface area contributed by atoms with Crippen molar-refractivity contribution in [2.24, 2.45) is 0 Å². The lowest BCUT2D eigenvalue weighted by molar-refractivity contribution is 0.116. The zero-order valence-electron chi connectivity index (χ0n) is 9.19. The van der Waals surface area contributed by atoms with Crippen molar-refractivity contribution in [1.29, 1.82) is 0 Å². The van der Waals surface area contributed by atoms with E-state index in [4.69, 9.17) is 11.6 Å². The van der Waals surface area contributed by atoms with Crippen molar-refractivity contribution in [2.75, 3.05) is 0 Å². The summed E-state index contributed by atoms with van der Waals surface area (Å²) in [6, 6.07) is 4.32. The van der Waals surface area contributed by atoms with Crippen LogP contribution in [0.5, 0.6) is 0 Å². The Labute approximate surface area is 101 Å². The number of rotatable bonds is 3. The van der Waals surface area contributed by atoms with Crippen molar-refractivity contribution >= 4 is 11.6 Å². The molecule has 4 heteroatoms. The Bertz CT molecular complexity index is 320. The minimum atomic E-state index is -0.0877. The van der Waals surface area contributed by atoms with Crippen LogP contribution in [0.1, 0.15) is 31.2 Å². The molecule has 3 nitrogen and oxygen atoms in total. The summed E-state index contributed by atoms with van der Waals surface area (Å²) in [6.07, 6.45) is 5.65. The third-order valence-electron chi connectivity index (χ3n) is 3.08. The molecule has 0 aromatic carbocycles. The van der Waals surface area contributed by atoms with Crippen LogP contribution in [0.2, 0.25) is 5.15 Å². The Hall–Kier alpha value is -0.640. The molecule has 1 aliphatic carbocycles. The summed E-state index contributed by atoms with van der Waals surface area (Å²) < 4.78 is 0. The molecule has 1 aliphatic rings. The lowest BCUT2D eigenvalue weighted by atomic mass is 9.93. The predicted octanol–water partition coefficient (Wildman–Crippen LogP) is 2.13. The van der Waals surface area contributed by atoms with E-state index in [-0.39, 0.29) is 6.10 Å². The Morgan fingerprint density at radius 3 is 2.69 bits per heavy atom. The second-order valence-electron chi connectivity index (χ2n) is 4.38. The van der Waals surface area contributed by atoms with Crippen molar-refractivity contribution in [3.63, 3.8) is 0 Å². The van der Waals surface area contributed by atoms with Crippen LogP contribution in [0.3, 0.4) is 0 Å². The van der Waals surface area contributed by atoms with Gasteiger partial charge in [-0.15, -0.1) is 0 Å². The van der Waals surface area contributed by atoms with E-state index in [1.807, 2.05) is 12.1 Å². The van der Waals surface area contributed by atoms with Crippen LogP contribution >= 0.6 is 11.6 Å². The van der Waals surface area contributed by atoms with E-state index in [9.17, 15) is 5.11 Å². The van der Waals surface area contributed by atoms with Gasteiger partial charge in [0.15, 0.2) is 0 Å². The molecule has 0 bridgehead atoms. The van der Waals surface area contributed by atoms with Crippen molar-refractivity contribution in [3.8, 4) is 0 Å². The molecule has 0 spiro atoms. The van der Waals surface area contributed by atoms with E-state index in [2.05, 4.69) is 10.3 Å². The molecular formula is C12H17ClN2O. The normalized spacial score (nSPS) is 25.6. The highest BCUT2D eigenvalue weighted by Gasteiger charge is 2.18. The fraction of sp³-hybridized carbons (Fsp3) is 0.583. The first-order valence-corrected chi connectivity index (χ1v) is 6.14. The number of hydrogen-bond donors (Lipinski definition) is 2. The highest BCUT2D eigenvalue weighted by molar-refractivity contribution is 6.29. The molecular weight excluding hydrogens is 224 g/mol. The molecule has 0 amide bonds. The lowest BCUT2D eigenvalue weighted by Gasteiger charge is -2.26. The topological polar surface area (TPSA) is 45.1 Å². The molecule has 1 saturated carbocycles. The molecule has 0 aliphatic heterocycles. The molecule has 1 aromatic rings. The first-order valence-electron chi connectivity index (χ1n) is 5.76. The summed E-state index contributed by atoms with van der Waals surface area (Å²) in [7, 11) is 0. The monoisotopic (exact) mass is 240 g/mol. The van der Waals surface area contributed by atoms with Gasteiger partial charge in [0.2, 0.25) is 0 Å². The summed E-state index contributed by atoms with van der Waals surface area (Å²) in [6.45, 7) is 0.824. The van der Waals surface area contributed by atoms with E-state index in [0.717, 1.165) is 37.8 Å². The largest absolute Gasteiger partial charge is 0.393 e. The first kappa shape index (κ1) is 11.8. The van der Waals surface area contributed by atoms with Gasteiger partial charge in [-0.25, -0.2) is 4.98 Å². The highest BCUT2D eigenvalue weighted by atomic mass is 35.5. The average molecular weight is 241 g/mol. The summed E-state index contributed by atoms with van der Waals surface area (Å²) in [5.74, 6) is 0. The molecule has 16 heavy (non-hydrogen) atoms. The minimum Gasteiger partial charge on any atom is -0.393 e. The van der Waals surface area contributed by atoms with Crippen molar-refractivity contribution < 1.29 is 5.11 Å². The van der Waals surface area contributed by atoms with Crippen LogP contribution < -0.4 is 5.32 Å². The zero-order chi connectivity index (χ0) is 11.4. The van der Waals surface area contributed by atoms with E-state index in [1.54, 1.807) is 6.20 Å². The fourth-order valence-electron chi connectivity index (χ4n) is 2.05. The van der Waals surface area contributed by atoms with Gasteiger partial charge in [-0.1, -0.05) is 17.7 Å². The highest BCUT2D eigenvalue weighted by Crippen LogP contribution is 2.18. The molecule has 1 fully saturated rings. The summed E-state index contributed by atoms with van der Waals surface area (Å²) in [5, 5.41) is 13.4. The number of aliphatic hydroxyl groups is 1. The van der Waals surface area contributed by atoms with E-state index < -0.39 is 0 Å². The summed E-state index contributed by atoms with van der Waals surface area (Å²) in [5.41, 5.74) is 1.15. The van der Waals surface area contributed by atoms with Crippen molar-refractivity contribution in [3.05, 3.63) is 29.0 Å². The van der Waals surface area contributed by atoms with Crippen LogP contribution in [0.4, 0.5) is 0 Å². The van der Waals surface area contributed by atoms with Gasteiger partial charge in [-0.05, 0) is 37.3 Å². The van der Waals surface area contributed by atoms with Crippen LogP contribution in [-0.2, 0) is 6.54 Å². The number of nitrogens with zero attached hydrogens (tertiary/aromatic N) is 1. The molecule has 0 atom stereocenters. The van der Waals surface area contributed by atoms with Gasteiger partial charge in [0, 0.05) is 18.8 Å². The van der Waals surface area contributed by atoms with E-state index in [0.29, 0.717) is 11.2 Å². The maximum atomic E-state index is 9.39. The molecule has 0 radical (unpaired) electrons. The zero-order valence-corrected chi connectivity index (χ0v) is 9.95. The third kappa shape index (κ3) is 3.44. The molecule has 2 rings (SSSR count). The van der Waals surface area contributed by atoms with Crippen molar-refractivity contribution in [1.82, 2.24) is 10.3 Å². The molecule has 1 aromatic heterocycles. The quantitative estimate of drug-likeness (QED) is 0.796. The number of nitrogens with one attached hydrogen (secondary N) is 1. The second kappa shape index (κ2) is 5.62. The molecule has 1 heterocycles. The number of hydrogen-bond acceptors (Lipinski definition) is 3. The van der Waals surface area contributed by atoms with Gasteiger partial charge in [0.1, 0.15) is 5.15 Å². The Kier molecular flexibility index (Phi) is 4.16. The Balaban J connectivity index is 1.77. The van der Waals surface area contributed by atoms with E-state index >= 15 is 0 Å². The standard InChI is InChI=1S/C12H17ClN2O/c13-12-6-1-9(8-15-12)7-14-10-2-4-11(16)5-3-10/h1,6,8,10-11,14,16H,2-5,7H2. The maximum absolute atomic E-state index is 9.39. The van der Waals surface area contributed by atoms with Gasteiger partial charge >= 0.3 is 0 Å². The van der Waals surface area contributed by atoms with Gasteiger partial charge < -0.3 is 10.4 Å². The number of aromatic nitrogens is 1. The van der Waals surface area contributed by atoms with Crippen molar-refractivity contribution in [2.45, 2.75) is 44.4 Å². The molecule has 88 valence electrons. The van der Waals surface area contributed by atoms with Crippen LogP contribution in [-0.4, -0.2) is 22.2 Å². The maximum Gasteiger partial charge on any atom is 0.129 e. The molecule has 0 unspecified atom stereocenters. The van der Waals surface area contributed by atoms with Crippen LogP contribution in [0, 0.1) is 0 Å². The summed E-state index contributed by atoms with van der Waals surface area (Å²) >= 11 is 5.72. The van der Waals surface area contributed by atoms with Gasteiger partial charge in [-0.2, -0.15) is 0 Å². The first-order chi connectivity index (χ1) is 7.74. The Morgan fingerprint density at radius 1 is 1.31 bits per heavy atom. The van der Waals surface area contributed by atoms with Gasteiger partial charge in [-0.3, -0.25) is 0 Å². The Morgan fingerprint density at radius 2 is 2.06 bits per heavy atom.